The lowest BCUT2D eigenvalue weighted by molar-refractivity contribution is -0.128. The Morgan fingerprint density at radius 3 is 2.59 bits per heavy atom. The zero-order valence-corrected chi connectivity index (χ0v) is 16.9. The zero-order valence-electron chi connectivity index (χ0n) is 16.9. The third-order valence-corrected chi connectivity index (χ3v) is 4.85. The van der Waals surface area contributed by atoms with E-state index in [-0.39, 0.29) is 18.2 Å². The molecule has 1 saturated heterocycles. The van der Waals surface area contributed by atoms with Crippen LogP contribution in [0.4, 0.5) is 5.69 Å². The molecule has 0 aromatic heterocycles. The number of likely N-dealkylation sites (tertiary alicyclic amines) is 1. The van der Waals surface area contributed by atoms with E-state index < -0.39 is 5.92 Å². The number of nitrogens with one attached hydrogen (secondary N) is 1. The van der Waals surface area contributed by atoms with Gasteiger partial charge in [-0.25, -0.2) is 0 Å². The van der Waals surface area contributed by atoms with Gasteiger partial charge in [-0.1, -0.05) is 18.2 Å². The van der Waals surface area contributed by atoms with Crippen LogP contribution in [0.3, 0.4) is 0 Å². The summed E-state index contributed by atoms with van der Waals surface area (Å²) in [6.45, 7) is 3.18. The van der Waals surface area contributed by atoms with Gasteiger partial charge in [-0.15, -0.1) is 0 Å². The number of methoxy groups -OCH3 is 2. The first-order chi connectivity index (χ1) is 14.0. The maximum Gasteiger partial charge on any atom is 0.229 e. The SMILES string of the molecule is CCOc1ccccc1NC(=O)C1CC(=O)N(Cc2ccc(OC)c(OC)c2)C1. The fourth-order valence-electron chi connectivity index (χ4n) is 3.39. The fourth-order valence-corrected chi connectivity index (χ4v) is 3.39. The van der Waals surface area contributed by atoms with Crippen molar-refractivity contribution in [2.75, 3.05) is 32.7 Å². The third-order valence-electron chi connectivity index (χ3n) is 4.85. The maximum atomic E-state index is 12.7. The number of rotatable bonds is 8. The molecule has 0 saturated carbocycles. The molecule has 1 atom stereocenters. The number of para-hydroxylation sites is 2. The minimum absolute atomic E-state index is 0.0435. The lowest BCUT2D eigenvalue weighted by Crippen LogP contribution is -2.28. The van der Waals surface area contributed by atoms with E-state index in [2.05, 4.69) is 5.32 Å². The van der Waals surface area contributed by atoms with Gasteiger partial charge in [0.2, 0.25) is 11.8 Å². The van der Waals surface area contributed by atoms with Crippen LogP contribution in [0.1, 0.15) is 18.9 Å². The summed E-state index contributed by atoms with van der Waals surface area (Å²) in [5.74, 6) is 1.23. The van der Waals surface area contributed by atoms with E-state index in [4.69, 9.17) is 14.2 Å². The third kappa shape index (κ3) is 4.80. The summed E-state index contributed by atoms with van der Waals surface area (Å²) in [6, 6.07) is 12.8. The second-order valence-corrected chi connectivity index (χ2v) is 6.78. The molecule has 3 rings (SSSR count). The molecule has 0 bridgehead atoms. The van der Waals surface area contributed by atoms with Gasteiger partial charge >= 0.3 is 0 Å². The molecular weight excluding hydrogens is 372 g/mol. The van der Waals surface area contributed by atoms with Crippen molar-refractivity contribution < 1.29 is 23.8 Å². The van der Waals surface area contributed by atoms with Crippen LogP contribution in [0.2, 0.25) is 0 Å². The van der Waals surface area contributed by atoms with Gasteiger partial charge in [0, 0.05) is 19.5 Å². The van der Waals surface area contributed by atoms with Gasteiger partial charge in [-0.05, 0) is 36.8 Å². The van der Waals surface area contributed by atoms with Crippen molar-refractivity contribution in [3.8, 4) is 17.2 Å². The molecule has 0 spiro atoms. The summed E-state index contributed by atoms with van der Waals surface area (Å²) in [7, 11) is 3.15. The monoisotopic (exact) mass is 398 g/mol. The summed E-state index contributed by atoms with van der Waals surface area (Å²) in [6.07, 6.45) is 0.190. The van der Waals surface area contributed by atoms with Gasteiger partial charge in [0.25, 0.3) is 0 Å². The number of nitrogens with zero attached hydrogens (tertiary/aromatic N) is 1. The smallest absolute Gasteiger partial charge is 0.229 e. The molecule has 1 heterocycles. The van der Waals surface area contributed by atoms with Crippen molar-refractivity contribution in [2.24, 2.45) is 5.92 Å². The standard InChI is InChI=1S/C22H26N2O5/c1-4-29-18-8-6-5-7-17(18)23-22(26)16-12-21(25)24(14-16)13-15-9-10-19(27-2)20(11-15)28-3/h5-11,16H,4,12-14H2,1-3H3,(H,23,26). The molecule has 29 heavy (non-hydrogen) atoms. The number of amides is 2. The Morgan fingerprint density at radius 1 is 1.10 bits per heavy atom. The Hall–Kier alpha value is -3.22. The normalized spacial score (nSPS) is 15.9. The molecule has 0 radical (unpaired) electrons. The molecule has 2 aromatic carbocycles. The summed E-state index contributed by atoms with van der Waals surface area (Å²) in [5, 5.41) is 2.90. The molecule has 7 heteroatoms. The van der Waals surface area contributed by atoms with Crippen LogP contribution in [0.25, 0.3) is 0 Å². The zero-order chi connectivity index (χ0) is 20.8. The number of carbonyl (C=O) groups excluding carboxylic acids is 2. The second-order valence-electron chi connectivity index (χ2n) is 6.78. The maximum absolute atomic E-state index is 12.7. The van der Waals surface area contributed by atoms with Crippen molar-refractivity contribution in [2.45, 2.75) is 19.9 Å². The minimum atomic E-state index is -0.405. The fraction of sp³-hybridized carbons (Fsp3) is 0.364. The number of ether oxygens (including phenoxy) is 3. The summed E-state index contributed by atoms with van der Waals surface area (Å²) in [4.78, 5) is 26.9. The Kier molecular flexibility index (Phi) is 6.59. The first-order valence-corrected chi connectivity index (χ1v) is 9.57. The summed E-state index contributed by atoms with van der Waals surface area (Å²) < 4.78 is 16.1. The van der Waals surface area contributed by atoms with Crippen molar-refractivity contribution in [3.05, 3.63) is 48.0 Å². The van der Waals surface area contributed by atoms with Crippen molar-refractivity contribution in [1.82, 2.24) is 4.90 Å². The van der Waals surface area contributed by atoms with Gasteiger partial charge < -0.3 is 24.4 Å². The molecule has 7 nitrogen and oxygen atoms in total. The van der Waals surface area contributed by atoms with Gasteiger partial charge in [0.05, 0.1) is 32.4 Å². The number of benzene rings is 2. The molecule has 1 fully saturated rings. The molecule has 0 aliphatic carbocycles. The van der Waals surface area contributed by atoms with Crippen LogP contribution in [0.15, 0.2) is 42.5 Å². The number of anilines is 1. The molecule has 1 unspecified atom stereocenters. The van der Waals surface area contributed by atoms with Crippen LogP contribution in [0.5, 0.6) is 17.2 Å². The van der Waals surface area contributed by atoms with Crippen molar-refractivity contribution in [1.29, 1.82) is 0 Å². The van der Waals surface area contributed by atoms with Gasteiger partial charge in [0.15, 0.2) is 11.5 Å². The molecule has 154 valence electrons. The highest BCUT2D eigenvalue weighted by molar-refractivity contribution is 5.98. The molecule has 2 amide bonds. The molecule has 1 aliphatic heterocycles. The summed E-state index contributed by atoms with van der Waals surface area (Å²) >= 11 is 0. The van der Waals surface area contributed by atoms with Crippen LogP contribution in [-0.4, -0.2) is 44.1 Å². The van der Waals surface area contributed by atoms with Crippen LogP contribution < -0.4 is 19.5 Å². The van der Waals surface area contributed by atoms with E-state index in [0.29, 0.717) is 42.6 Å². The topological polar surface area (TPSA) is 77.1 Å². The van der Waals surface area contributed by atoms with E-state index in [1.54, 1.807) is 25.2 Å². The van der Waals surface area contributed by atoms with Crippen LogP contribution in [-0.2, 0) is 16.1 Å². The lowest BCUT2D eigenvalue weighted by atomic mass is 10.1. The van der Waals surface area contributed by atoms with E-state index >= 15 is 0 Å². The highest BCUT2D eigenvalue weighted by Crippen LogP contribution is 2.30. The van der Waals surface area contributed by atoms with E-state index in [9.17, 15) is 9.59 Å². The van der Waals surface area contributed by atoms with E-state index in [1.165, 1.54) is 0 Å². The first kappa shape index (κ1) is 20.5. The Labute approximate surface area is 170 Å². The number of hydrogen-bond acceptors (Lipinski definition) is 5. The molecular formula is C22H26N2O5. The molecule has 1 N–H and O–H groups in total. The van der Waals surface area contributed by atoms with Crippen LogP contribution in [0, 0.1) is 5.92 Å². The second kappa shape index (κ2) is 9.32. The highest BCUT2D eigenvalue weighted by atomic mass is 16.5. The molecule has 2 aromatic rings. The van der Waals surface area contributed by atoms with Crippen molar-refractivity contribution in [3.63, 3.8) is 0 Å². The highest BCUT2D eigenvalue weighted by Gasteiger charge is 2.34. The van der Waals surface area contributed by atoms with E-state index in [1.807, 2.05) is 43.3 Å². The largest absolute Gasteiger partial charge is 0.493 e. The Morgan fingerprint density at radius 2 is 1.86 bits per heavy atom. The predicted octanol–water partition coefficient (Wildman–Crippen LogP) is 3.09. The van der Waals surface area contributed by atoms with Gasteiger partial charge in [-0.2, -0.15) is 0 Å². The van der Waals surface area contributed by atoms with Gasteiger partial charge in [-0.3, -0.25) is 9.59 Å². The average Bonchev–Trinajstić information content (AvgIpc) is 3.10. The molecule has 1 aliphatic rings. The number of carbonyl (C=O) groups is 2. The van der Waals surface area contributed by atoms with Crippen LogP contribution >= 0.6 is 0 Å². The Bertz CT molecular complexity index is 883. The first-order valence-electron chi connectivity index (χ1n) is 9.57. The number of hydrogen-bond donors (Lipinski definition) is 1. The predicted molar refractivity (Wildman–Crippen MR) is 109 cm³/mol. The lowest BCUT2D eigenvalue weighted by Gasteiger charge is -2.18. The van der Waals surface area contributed by atoms with Gasteiger partial charge in [0.1, 0.15) is 5.75 Å². The minimum Gasteiger partial charge on any atom is -0.493 e. The van der Waals surface area contributed by atoms with E-state index in [0.717, 1.165) is 5.56 Å². The average molecular weight is 398 g/mol. The quantitative estimate of drug-likeness (QED) is 0.739. The summed E-state index contributed by atoms with van der Waals surface area (Å²) in [5.41, 5.74) is 1.53. The van der Waals surface area contributed by atoms with Crippen molar-refractivity contribution >= 4 is 17.5 Å². The Balaban J connectivity index is 1.65.